The van der Waals surface area contributed by atoms with Gasteiger partial charge < -0.3 is 49.1 Å². The van der Waals surface area contributed by atoms with Crippen LogP contribution in [-0.2, 0) is 67.5 Å². The number of esters is 3. The minimum atomic E-state index is -1.33. The zero-order valence-corrected chi connectivity index (χ0v) is 49.8. The summed E-state index contributed by atoms with van der Waals surface area (Å²) in [7, 11) is 0. The van der Waals surface area contributed by atoms with Crippen LogP contribution < -0.4 is 16.0 Å². The van der Waals surface area contributed by atoms with Crippen molar-refractivity contribution in [3.05, 3.63) is 106 Å². The van der Waals surface area contributed by atoms with Crippen molar-refractivity contribution < 1.29 is 61.9 Å². The molecule has 0 bridgehead atoms. The Morgan fingerprint density at radius 3 is 1.49 bits per heavy atom. The minimum Gasteiger partial charge on any atom is -0.460 e. The van der Waals surface area contributed by atoms with Gasteiger partial charge in [0.1, 0.15) is 30.5 Å². The maximum Gasteiger partial charge on any atom is 0.333 e. The average molecular weight is 1140 g/mol. The van der Waals surface area contributed by atoms with E-state index in [1.54, 1.807) is 26.8 Å². The van der Waals surface area contributed by atoms with Gasteiger partial charge in [0.2, 0.25) is 17.7 Å². The van der Waals surface area contributed by atoms with Gasteiger partial charge in [-0.3, -0.25) is 19.2 Å². The molecule has 2 atom stereocenters. The van der Waals surface area contributed by atoms with Gasteiger partial charge in [0, 0.05) is 54.1 Å². The number of amides is 3. The van der Waals surface area contributed by atoms with E-state index in [-0.39, 0.29) is 102 Å². The number of rotatable bonds is 42. The van der Waals surface area contributed by atoms with Crippen LogP contribution in [0, 0.1) is 6.92 Å². The van der Waals surface area contributed by atoms with Crippen molar-refractivity contribution in [2.45, 2.75) is 187 Å². The van der Waals surface area contributed by atoms with Crippen molar-refractivity contribution in [3.63, 3.8) is 0 Å². The minimum absolute atomic E-state index is 0.00642. The van der Waals surface area contributed by atoms with Crippen LogP contribution in [0.3, 0.4) is 0 Å². The summed E-state index contributed by atoms with van der Waals surface area (Å²) >= 11 is 6.76. The van der Waals surface area contributed by atoms with Crippen LogP contribution in [-0.4, -0.2) is 119 Å². The van der Waals surface area contributed by atoms with E-state index >= 15 is 0 Å². The van der Waals surface area contributed by atoms with Crippen molar-refractivity contribution in [1.29, 1.82) is 0 Å². The van der Waals surface area contributed by atoms with E-state index in [4.69, 9.17) is 44.8 Å². The van der Waals surface area contributed by atoms with E-state index in [1.165, 1.54) is 44.9 Å². The Morgan fingerprint density at radius 1 is 0.463 bits per heavy atom. The van der Waals surface area contributed by atoms with Crippen LogP contribution in [0.1, 0.15) is 179 Å². The van der Waals surface area contributed by atoms with E-state index < -0.39 is 34.8 Å². The number of carbonyl (C=O) groups is 6. The zero-order chi connectivity index (χ0) is 58.5. The molecule has 16 nitrogen and oxygen atoms in total. The molecule has 0 aliphatic carbocycles. The van der Waals surface area contributed by atoms with Crippen LogP contribution >= 0.6 is 11.6 Å². The highest BCUT2D eigenvalue weighted by molar-refractivity contribution is 6.31. The summed E-state index contributed by atoms with van der Waals surface area (Å²) in [5, 5.41) is 8.73. The van der Waals surface area contributed by atoms with Crippen molar-refractivity contribution in [3.8, 4) is 0 Å². The number of hydrogen-bond donors (Lipinski definition) is 3. The second-order valence-corrected chi connectivity index (χ2v) is 22.5. The summed E-state index contributed by atoms with van der Waals surface area (Å²) in [4.78, 5) is 76.0. The van der Waals surface area contributed by atoms with Crippen molar-refractivity contribution in [1.82, 2.24) is 16.0 Å². The molecule has 0 aliphatic rings. The molecule has 17 heteroatoms. The fourth-order valence-electron chi connectivity index (χ4n) is 8.72. The molecule has 0 radical (unpaired) electrons. The lowest BCUT2D eigenvalue weighted by atomic mass is 9.79. The molecule has 0 fully saturated rings. The van der Waals surface area contributed by atoms with Crippen LogP contribution in [0.15, 0.2) is 78.9 Å². The van der Waals surface area contributed by atoms with E-state index in [2.05, 4.69) is 16.0 Å². The van der Waals surface area contributed by atoms with Crippen molar-refractivity contribution >= 4 is 47.2 Å². The van der Waals surface area contributed by atoms with E-state index in [0.717, 1.165) is 61.6 Å². The van der Waals surface area contributed by atoms with Crippen molar-refractivity contribution in [2.75, 3.05) is 65.9 Å². The third-order valence-corrected chi connectivity index (χ3v) is 13.0. The molecule has 3 rings (SSSR count). The molecule has 0 saturated carbocycles. The predicted molar refractivity (Wildman–Crippen MR) is 311 cm³/mol. The average Bonchev–Trinajstić information content (AvgIpc) is 3.61. The molecule has 1 unspecified atom stereocenters. The lowest BCUT2D eigenvalue weighted by Crippen LogP contribution is -2.44. The quantitative estimate of drug-likeness (QED) is 0.0209. The summed E-state index contributed by atoms with van der Waals surface area (Å²) in [6.45, 7) is 14.0. The molecule has 80 heavy (non-hydrogen) atoms. The highest BCUT2D eigenvalue weighted by Crippen LogP contribution is 2.43. The van der Waals surface area contributed by atoms with Crippen LogP contribution in [0.4, 0.5) is 0 Å². The summed E-state index contributed by atoms with van der Waals surface area (Å²) in [6.07, 6.45) is 16.5. The normalized spacial score (nSPS) is 12.7. The molecule has 0 spiro atoms. The molecule has 3 N–H and O–H groups in total. The van der Waals surface area contributed by atoms with Crippen molar-refractivity contribution in [2.24, 2.45) is 0 Å². The van der Waals surface area contributed by atoms with Gasteiger partial charge in [-0.25, -0.2) is 9.59 Å². The Morgan fingerprint density at radius 2 is 0.938 bits per heavy atom. The molecule has 0 heterocycles. The molecule has 3 aromatic rings. The maximum atomic E-state index is 13.4. The molecular weight excluding hydrogens is 1040 g/mol. The van der Waals surface area contributed by atoms with Gasteiger partial charge in [0.15, 0.2) is 5.60 Å². The molecular formula is C63H94ClN3O13. The fourth-order valence-corrected chi connectivity index (χ4v) is 8.98. The lowest BCUT2D eigenvalue weighted by molar-refractivity contribution is -0.160. The summed E-state index contributed by atoms with van der Waals surface area (Å²) in [6, 6.07) is 23.6. The Labute approximate surface area is 482 Å². The lowest BCUT2D eigenvalue weighted by Gasteiger charge is -2.36. The zero-order valence-electron chi connectivity index (χ0n) is 49.1. The standard InChI is InChI=1S/C63H94ClN3O13/c1-49-33-35-51(36-34-49)63(50-27-21-20-22-28-50,52-29-25-26-30-53(52)64)79-59(72)48-77-46-44-75-42-40-66-57(70)47-76-45-43-74-41-39-65-55(68)38-37-54(60(73)80-62(5,6)7)67-56(69)31-23-18-16-14-12-10-8-9-11-13-15-17-19-24-32-58(71)78-61(2,3)4/h20-22,25-30,33-36,54H,8-19,23-24,31-32,37-48H2,1-7H3,(H,65,68)(H,66,70)(H,67,69)/t54-,63?/m0/s1. The van der Waals surface area contributed by atoms with Crippen LogP contribution in [0.2, 0.25) is 5.02 Å². The number of ether oxygens (including phenoxy) is 7. The molecule has 0 saturated heterocycles. The molecule has 446 valence electrons. The van der Waals surface area contributed by atoms with Gasteiger partial charge in [-0.15, -0.1) is 0 Å². The number of nitrogens with one attached hydrogen (secondary N) is 3. The Kier molecular flexibility index (Phi) is 33.7. The SMILES string of the molecule is Cc1ccc(C(OC(=O)COCCOCCNC(=O)COCCOCCNC(=O)CC[C@H](NC(=O)CCCCCCCCCCCCCCCCC(=O)OC(C)(C)C)C(=O)OC(C)(C)C)(c2ccccc2)c2ccccc2Cl)cc1. The molecule has 3 aromatic carbocycles. The number of carbonyl (C=O) groups excluding carboxylic acids is 6. The third kappa shape index (κ3) is 30.4. The van der Waals surface area contributed by atoms with Crippen LogP contribution in [0.25, 0.3) is 0 Å². The fraction of sp³-hybridized carbons (Fsp3) is 0.619. The maximum absolute atomic E-state index is 13.4. The summed E-state index contributed by atoms with van der Waals surface area (Å²) < 4.78 is 39.4. The Balaban J connectivity index is 1.18. The Bertz CT molecular complexity index is 2250. The van der Waals surface area contributed by atoms with E-state index in [9.17, 15) is 28.8 Å². The van der Waals surface area contributed by atoms with Crippen LogP contribution in [0.5, 0.6) is 0 Å². The second kappa shape index (κ2) is 39.1. The number of benzene rings is 3. The monoisotopic (exact) mass is 1140 g/mol. The number of unbranched alkanes of at least 4 members (excludes halogenated alkanes) is 13. The first-order valence-electron chi connectivity index (χ1n) is 29.0. The van der Waals surface area contributed by atoms with Gasteiger partial charge in [0.05, 0.1) is 39.6 Å². The summed E-state index contributed by atoms with van der Waals surface area (Å²) in [5.74, 6) is -2.12. The molecule has 0 aliphatic heterocycles. The van der Waals surface area contributed by atoms with Gasteiger partial charge in [-0.2, -0.15) is 0 Å². The van der Waals surface area contributed by atoms with Gasteiger partial charge in [0.25, 0.3) is 0 Å². The second-order valence-electron chi connectivity index (χ2n) is 22.1. The molecule has 3 amide bonds. The first kappa shape index (κ1) is 68.9. The van der Waals surface area contributed by atoms with E-state index in [0.29, 0.717) is 23.4 Å². The predicted octanol–water partition coefficient (Wildman–Crippen LogP) is 11.0. The van der Waals surface area contributed by atoms with Gasteiger partial charge in [-0.1, -0.05) is 167 Å². The number of aryl methyl sites for hydroxylation is 1. The largest absolute Gasteiger partial charge is 0.460 e. The number of halogens is 1. The smallest absolute Gasteiger partial charge is 0.333 e. The topological polar surface area (TPSA) is 203 Å². The highest BCUT2D eigenvalue weighted by Gasteiger charge is 2.42. The number of hydrogen-bond acceptors (Lipinski definition) is 13. The van der Waals surface area contributed by atoms with E-state index in [1.807, 2.05) is 100 Å². The van der Waals surface area contributed by atoms with Gasteiger partial charge >= 0.3 is 17.9 Å². The van der Waals surface area contributed by atoms with Gasteiger partial charge in [-0.05, 0) is 73.8 Å². The third-order valence-electron chi connectivity index (χ3n) is 12.6. The summed E-state index contributed by atoms with van der Waals surface area (Å²) in [5.41, 5.74) is 0.638. The Hall–Kier alpha value is -5.39. The molecule has 0 aromatic heterocycles. The first-order chi connectivity index (χ1) is 38.3. The highest BCUT2D eigenvalue weighted by atomic mass is 35.5. The first-order valence-corrected chi connectivity index (χ1v) is 29.3.